The number of nitrogens with two attached hydrogens (primary N) is 1. The van der Waals surface area contributed by atoms with E-state index in [1.165, 1.54) is 18.0 Å². The van der Waals surface area contributed by atoms with Crippen molar-refractivity contribution >= 4 is 31.5 Å². The number of carbonyl (C=O) groups is 1. The van der Waals surface area contributed by atoms with Crippen LogP contribution in [0.4, 0.5) is 10.1 Å². The molecule has 1 aliphatic rings. The first-order chi connectivity index (χ1) is 15.8. The summed E-state index contributed by atoms with van der Waals surface area (Å²) in [7, 11) is -6.22. The summed E-state index contributed by atoms with van der Waals surface area (Å²) < 4.78 is 64.7. The molecule has 0 aliphatic carbocycles. The van der Waals surface area contributed by atoms with E-state index >= 15 is 4.39 Å². The molecule has 12 heteroatoms. The molecule has 0 radical (unpaired) electrons. The number of hydrogen-bond donors (Lipinski definition) is 1. The first-order valence-corrected chi connectivity index (χ1v) is 13.7. The third-order valence-electron chi connectivity index (χ3n) is 5.76. The van der Waals surface area contributed by atoms with Crippen LogP contribution in [0.3, 0.4) is 0 Å². The monoisotopic (exact) mass is 506 g/mol. The van der Waals surface area contributed by atoms with Gasteiger partial charge >= 0.3 is 0 Å². The fourth-order valence-electron chi connectivity index (χ4n) is 4.15. The molecule has 4 rings (SSSR count). The highest BCUT2D eigenvalue weighted by atomic mass is 32.2. The third kappa shape index (κ3) is 4.24. The number of nitrogens with zero attached hydrogens (tertiary/aromatic N) is 3. The highest BCUT2D eigenvalue weighted by Gasteiger charge is 2.50. The number of amides is 1. The Kier molecular flexibility index (Phi) is 5.86. The van der Waals surface area contributed by atoms with Crippen molar-refractivity contribution in [3.63, 3.8) is 0 Å². The van der Waals surface area contributed by atoms with E-state index in [-0.39, 0.29) is 23.7 Å². The Morgan fingerprint density at radius 1 is 1.06 bits per heavy atom. The van der Waals surface area contributed by atoms with Crippen LogP contribution in [0.1, 0.15) is 18.7 Å². The van der Waals surface area contributed by atoms with Crippen molar-refractivity contribution in [1.82, 2.24) is 9.55 Å². The van der Waals surface area contributed by atoms with Crippen LogP contribution in [0.5, 0.6) is 0 Å². The van der Waals surface area contributed by atoms with Crippen molar-refractivity contribution in [2.45, 2.75) is 28.4 Å². The number of sulfone groups is 1. The molecule has 1 unspecified atom stereocenters. The Balaban J connectivity index is 1.68. The number of primary sulfonamides is 1. The van der Waals surface area contributed by atoms with Gasteiger partial charge in [0.25, 0.3) is 15.9 Å². The molecule has 180 valence electrons. The van der Waals surface area contributed by atoms with Gasteiger partial charge in [0.05, 0.1) is 4.90 Å². The number of imidazole rings is 1. The van der Waals surface area contributed by atoms with E-state index in [1.807, 2.05) is 0 Å². The minimum Gasteiger partial charge on any atom is -0.333 e. The lowest BCUT2D eigenvalue weighted by molar-refractivity contribution is -0.133. The van der Waals surface area contributed by atoms with Gasteiger partial charge < -0.3 is 9.47 Å². The standard InChI is InChI=1S/C22H23FN4O5S2/c1-26-14-19(34(24,31)32)25-20(26)22(23)12-5-13-27(21(22)28)16-10-8-15(9-11-16)17-6-3-4-7-18(17)33(2,29)30/h3-4,6-11,14H,5,12-13H2,1-2H3,(H2,24,31,32). The molecule has 2 N–H and O–H groups in total. The predicted octanol–water partition coefficient (Wildman–Crippen LogP) is 2.13. The maximum Gasteiger partial charge on any atom is 0.272 e. The second-order valence-electron chi connectivity index (χ2n) is 8.24. The highest BCUT2D eigenvalue weighted by molar-refractivity contribution is 7.90. The zero-order valence-electron chi connectivity index (χ0n) is 18.5. The van der Waals surface area contributed by atoms with Crippen LogP contribution < -0.4 is 10.0 Å². The molecule has 1 aliphatic heterocycles. The molecular formula is C22H23FN4O5S2. The fraction of sp³-hybridized carbons (Fsp3) is 0.273. The van der Waals surface area contributed by atoms with Crippen LogP contribution in [-0.4, -0.2) is 45.1 Å². The first kappa shape index (κ1) is 24.0. The van der Waals surface area contributed by atoms with Crippen molar-refractivity contribution in [3.8, 4) is 11.1 Å². The van der Waals surface area contributed by atoms with Crippen LogP contribution in [0.2, 0.25) is 0 Å². The van der Waals surface area contributed by atoms with Gasteiger partial charge in [-0.3, -0.25) is 4.79 Å². The number of anilines is 1. The van der Waals surface area contributed by atoms with Crippen LogP contribution in [0, 0.1) is 0 Å². The molecule has 1 amide bonds. The average Bonchev–Trinajstić information content (AvgIpc) is 3.18. The smallest absolute Gasteiger partial charge is 0.272 e. The van der Waals surface area contributed by atoms with Crippen molar-refractivity contribution in [3.05, 3.63) is 60.6 Å². The summed E-state index contributed by atoms with van der Waals surface area (Å²) in [6.07, 6.45) is 2.37. The van der Waals surface area contributed by atoms with Crippen molar-refractivity contribution < 1.29 is 26.0 Å². The molecule has 0 saturated carbocycles. The maximum absolute atomic E-state index is 16.0. The van der Waals surface area contributed by atoms with Crippen molar-refractivity contribution in [2.24, 2.45) is 12.2 Å². The molecule has 1 atom stereocenters. The van der Waals surface area contributed by atoms with Crippen LogP contribution in [-0.2, 0) is 37.4 Å². The summed E-state index contributed by atoms with van der Waals surface area (Å²) in [5.41, 5.74) is -0.960. The summed E-state index contributed by atoms with van der Waals surface area (Å²) in [6.45, 7) is 0.260. The Hall–Kier alpha value is -3.09. The molecule has 34 heavy (non-hydrogen) atoms. The zero-order chi connectivity index (χ0) is 24.9. The fourth-order valence-corrected chi connectivity index (χ4v) is 5.58. The van der Waals surface area contributed by atoms with E-state index in [4.69, 9.17) is 5.14 Å². The molecule has 0 bridgehead atoms. The molecular weight excluding hydrogens is 483 g/mol. The van der Waals surface area contributed by atoms with Crippen molar-refractivity contribution in [1.29, 1.82) is 0 Å². The molecule has 9 nitrogen and oxygen atoms in total. The summed E-state index contributed by atoms with van der Waals surface area (Å²) in [4.78, 5) is 18.5. The second kappa shape index (κ2) is 8.29. The summed E-state index contributed by atoms with van der Waals surface area (Å²) in [5, 5.41) is 4.59. The normalized spacial score (nSPS) is 19.4. The number of piperidine rings is 1. The molecule has 0 spiro atoms. The number of aromatic nitrogens is 2. The van der Waals surface area contributed by atoms with Crippen LogP contribution in [0.15, 0.2) is 64.6 Å². The van der Waals surface area contributed by atoms with Gasteiger partial charge in [-0.1, -0.05) is 30.3 Å². The van der Waals surface area contributed by atoms with E-state index in [1.54, 1.807) is 42.5 Å². The second-order valence-corrected chi connectivity index (χ2v) is 11.7. The topological polar surface area (TPSA) is 132 Å². The number of carbonyl (C=O) groups excluding carboxylic acids is 1. The highest BCUT2D eigenvalue weighted by Crippen LogP contribution is 2.39. The van der Waals surface area contributed by atoms with E-state index in [0.29, 0.717) is 23.2 Å². The molecule has 1 aromatic heterocycles. The summed E-state index contributed by atoms with van der Waals surface area (Å²) in [6, 6.07) is 13.1. The lowest BCUT2D eigenvalue weighted by atomic mass is 9.92. The predicted molar refractivity (Wildman–Crippen MR) is 124 cm³/mol. The number of aryl methyl sites for hydroxylation is 1. The number of halogens is 1. The Morgan fingerprint density at radius 2 is 1.71 bits per heavy atom. The minimum absolute atomic E-state index is 0.156. The van der Waals surface area contributed by atoms with Gasteiger partial charge in [0.15, 0.2) is 20.7 Å². The van der Waals surface area contributed by atoms with Gasteiger partial charge in [0, 0.05) is 37.3 Å². The average molecular weight is 507 g/mol. The van der Waals surface area contributed by atoms with E-state index in [0.717, 1.165) is 17.0 Å². The van der Waals surface area contributed by atoms with E-state index < -0.39 is 36.5 Å². The number of rotatable bonds is 5. The molecule has 1 fully saturated rings. The maximum atomic E-state index is 16.0. The molecule has 2 aromatic carbocycles. The van der Waals surface area contributed by atoms with Crippen LogP contribution >= 0.6 is 0 Å². The largest absolute Gasteiger partial charge is 0.333 e. The lowest BCUT2D eigenvalue weighted by Gasteiger charge is -2.36. The first-order valence-electron chi connectivity index (χ1n) is 10.3. The van der Waals surface area contributed by atoms with Gasteiger partial charge in [-0.2, -0.15) is 0 Å². The van der Waals surface area contributed by atoms with Gasteiger partial charge in [-0.25, -0.2) is 31.3 Å². The van der Waals surface area contributed by atoms with Crippen LogP contribution in [0.25, 0.3) is 11.1 Å². The quantitative estimate of drug-likeness (QED) is 0.564. The van der Waals surface area contributed by atoms with Gasteiger partial charge in [0.2, 0.25) is 5.67 Å². The number of sulfonamides is 1. The molecule has 3 aromatic rings. The Morgan fingerprint density at radius 3 is 2.29 bits per heavy atom. The minimum atomic E-state index is -4.16. The molecule has 1 saturated heterocycles. The third-order valence-corrected chi connectivity index (χ3v) is 7.70. The Bertz CT molecular complexity index is 1480. The zero-order valence-corrected chi connectivity index (χ0v) is 20.1. The molecule has 2 heterocycles. The van der Waals surface area contributed by atoms with E-state index in [2.05, 4.69) is 4.98 Å². The number of benzene rings is 2. The van der Waals surface area contributed by atoms with Crippen molar-refractivity contribution in [2.75, 3.05) is 17.7 Å². The van der Waals surface area contributed by atoms with Gasteiger partial charge in [-0.05, 0) is 36.6 Å². The number of hydrogen-bond acceptors (Lipinski definition) is 6. The SMILES string of the molecule is Cn1cc(S(N)(=O)=O)nc1C1(F)CCCN(c2ccc(-c3ccccc3S(C)(=O)=O)cc2)C1=O. The number of alkyl halides is 1. The summed E-state index contributed by atoms with van der Waals surface area (Å²) in [5.74, 6) is -1.19. The lowest BCUT2D eigenvalue weighted by Crippen LogP contribution is -2.50. The summed E-state index contributed by atoms with van der Waals surface area (Å²) >= 11 is 0. The van der Waals surface area contributed by atoms with Gasteiger partial charge in [-0.15, -0.1) is 0 Å². The van der Waals surface area contributed by atoms with Gasteiger partial charge in [0.1, 0.15) is 0 Å². The Labute approximate surface area is 197 Å². The van der Waals surface area contributed by atoms with E-state index in [9.17, 15) is 21.6 Å².